The van der Waals surface area contributed by atoms with Crippen LogP contribution in [0.3, 0.4) is 0 Å². The quantitative estimate of drug-likeness (QED) is 0.596. The molecule has 0 atom stereocenters. The summed E-state index contributed by atoms with van der Waals surface area (Å²) in [6, 6.07) is 5.70. The molecule has 2 rings (SSSR count). The van der Waals surface area contributed by atoms with Crippen molar-refractivity contribution in [3.05, 3.63) is 28.8 Å². The van der Waals surface area contributed by atoms with Gasteiger partial charge in [-0.1, -0.05) is 24.4 Å². The molecule has 3 heteroatoms. The van der Waals surface area contributed by atoms with Crippen LogP contribution in [0, 0.1) is 5.92 Å². The van der Waals surface area contributed by atoms with Crippen molar-refractivity contribution in [3.8, 4) is 0 Å². The van der Waals surface area contributed by atoms with Crippen molar-refractivity contribution in [2.75, 3.05) is 12.3 Å². The van der Waals surface area contributed by atoms with Gasteiger partial charge in [-0.3, -0.25) is 0 Å². The van der Waals surface area contributed by atoms with Crippen molar-refractivity contribution in [1.29, 1.82) is 0 Å². The van der Waals surface area contributed by atoms with Crippen LogP contribution < -0.4 is 11.1 Å². The SMILES string of the molecule is Nc1cc(Cl)cc(CNCCC2CC2)c1. The molecule has 1 fully saturated rings. The van der Waals surface area contributed by atoms with Crippen LogP contribution in [0.5, 0.6) is 0 Å². The van der Waals surface area contributed by atoms with Gasteiger partial charge < -0.3 is 11.1 Å². The largest absolute Gasteiger partial charge is 0.399 e. The van der Waals surface area contributed by atoms with E-state index < -0.39 is 0 Å². The van der Waals surface area contributed by atoms with Gasteiger partial charge in [-0.15, -0.1) is 0 Å². The van der Waals surface area contributed by atoms with Crippen molar-refractivity contribution in [1.82, 2.24) is 5.32 Å². The molecule has 0 unspecified atom stereocenters. The van der Waals surface area contributed by atoms with Crippen molar-refractivity contribution in [2.24, 2.45) is 5.92 Å². The van der Waals surface area contributed by atoms with Gasteiger partial charge in [-0.25, -0.2) is 0 Å². The normalized spacial score (nSPS) is 15.5. The van der Waals surface area contributed by atoms with E-state index in [2.05, 4.69) is 5.32 Å². The number of hydrogen-bond donors (Lipinski definition) is 2. The summed E-state index contributed by atoms with van der Waals surface area (Å²) < 4.78 is 0. The smallest absolute Gasteiger partial charge is 0.0429 e. The number of rotatable bonds is 5. The third-order valence-corrected chi connectivity index (χ3v) is 2.95. The monoisotopic (exact) mass is 224 g/mol. The number of nitrogens with one attached hydrogen (secondary N) is 1. The molecule has 2 nitrogen and oxygen atoms in total. The molecule has 3 N–H and O–H groups in total. The Bertz CT molecular complexity index is 314. The molecule has 15 heavy (non-hydrogen) atoms. The predicted molar refractivity (Wildman–Crippen MR) is 64.9 cm³/mol. The van der Waals surface area contributed by atoms with Gasteiger partial charge in [0.25, 0.3) is 0 Å². The molecular weight excluding hydrogens is 208 g/mol. The van der Waals surface area contributed by atoms with Gasteiger partial charge >= 0.3 is 0 Å². The van der Waals surface area contributed by atoms with Crippen LogP contribution in [0.1, 0.15) is 24.8 Å². The van der Waals surface area contributed by atoms with Crippen LogP contribution in [0.2, 0.25) is 5.02 Å². The van der Waals surface area contributed by atoms with Crippen molar-refractivity contribution in [3.63, 3.8) is 0 Å². The van der Waals surface area contributed by atoms with Crippen molar-refractivity contribution >= 4 is 17.3 Å². The Balaban J connectivity index is 1.76. The molecule has 0 aliphatic heterocycles. The van der Waals surface area contributed by atoms with E-state index >= 15 is 0 Å². The number of anilines is 1. The molecule has 1 saturated carbocycles. The van der Waals surface area contributed by atoms with E-state index in [1.54, 1.807) is 6.07 Å². The van der Waals surface area contributed by atoms with Crippen LogP contribution in [0.25, 0.3) is 0 Å². The lowest BCUT2D eigenvalue weighted by Gasteiger charge is -2.06. The number of nitrogens with two attached hydrogens (primary N) is 1. The lowest BCUT2D eigenvalue weighted by Crippen LogP contribution is -2.15. The molecule has 0 radical (unpaired) electrons. The second kappa shape index (κ2) is 4.86. The Morgan fingerprint density at radius 3 is 2.80 bits per heavy atom. The average Bonchev–Trinajstić information content (AvgIpc) is 2.94. The highest BCUT2D eigenvalue weighted by Crippen LogP contribution is 2.31. The molecule has 0 amide bonds. The van der Waals surface area contributed by atoms with Gasteiger partial charge in [-0.05, 0) is 42.6 Å². The molecule has 82 valence electrons. The number of benzene rings is 1. The minimum Gasteiger partial charge on any atom is -0.399 e. The Hall–Kier alpha value is -0.730. The first-order chi connectivity index (χ1) is 7.24. The van der Waals surface area contributed by atoms with E-state index in [4.69, 9.17) is 17.3 Å². The number of halogens is 1. The van der Waals surface area contributed by atoms with E-state index in [9.17, 15) is 0 Å². The zero-order valence-corrected chi connectivity index (χ0v) is 9.56. The van der Waals surface area contributed by atoms with Gasteiger partial charge in [-0.2, -0.15) is 0 Å². The summed E-state index contributed by atoms with van der Waals surface area (Å²) in [5.41, 5.74) is 7.61. The summed E-state index contributed by atoms with van der Waals surface area (Å²) in [5.74, 6) is 0.988. The Labute approximate surface area is 95.8 Å². The molecule has 1 aliphatic rings. The van der Waals surface area contributed by atoms with E-state index in [0.717, 1.165) is 30.3 Å². The number of nitrogen functional groups attached to an aromatic ring is 1. The van der Waals surface area contributed by atoms with E-state index in [-0.39, 0.29) is 0 Å². The van der Waals surface area contributed by atoms with Crippen LogP contribution in [0.4, 0.5) is 5.69 Å². The molecule has 1 aromatic rings. The molecule has 1 aromatic carbocycles. The van der Waals surface area contributed by atoms with Gasteiger partial charge in [0.1, 0.15) is 0 Å². The molecule has 1 aliphatic carbocycles. The maximum atomic E-state index is 5.92. The minimum atomic E-state index is 0.717. The Kier molecular flexibility index (Phi) is 3.49. The second-order valence-corrected chi connectivity index (χ2v) is 4.74. The van der Waals surface area contributed by atoms with Gasteiger partial charge in [0.2, 0.25) is 0 Å². The van der Waals surface area contributed by atoms with Crippen molar-refractivity contribution in [2.45, 2.75) is 25.8 Å². The maximum absolute atomic E-state index is 5.92. The summed E-state index contributed by atoms with van der Waals surface area (Å²) in [4.78, 5) is 0. The van der Waals surface area contributed by atoms with E-state index in [0.29, 0.717) is 5.02 Å². The van der Waals surface area contributed by atoms with Crippen LogP contribution in [-0.2, 0) is 6.54 Å². The summed E-state index contributed by atoms with van der Waals surface area (Å²) in [6.07, 6.45) is 4.15. The average molecular weight is 225 g/mol. The molecule has 0 aromatic heterocycles. The third kappa shape index (κ3) is 3.73. The van der Waals surface area contributed by atoms with Gasteiger partial charge in [0.15, 0.2) is 0 Å². The van der Waals surface area contributed by atoms with Gasteiger partial charge in [0, 0.05) is 17.3 Å². The molecule has 0 saturated heterocycles. The highest BCUT2D eigenvalue weighted by molar-refractivity contribution is 6.30. The molecule has 0 spiro atoms. The summed E-state index contributed by atoms with van der Waals surface area (Å²) >= 11 is 5.92. The van der Waals surface area contributed by atoms with Crippen LogP contribution in [0.15, 0.2) is 18.2 Å². The van der Waals surface area contributed by atoms with Crippen LogP contribution in [-0.4, -0.2) is 6.54 Å². The van der Waals surface area contributed by atoms with E-state index in [1.165, 1.54) is 19.3 Å². The number of hydrogen-bond acceptors (Lipinski definition) is 2. The molecular formula is C12H17ClN2. The zero-order valence-electron chi connectivity index (χ0n) is 8.80. The lowest BCUT2D eigenvalue weighted by atomic mass is 10.2. The highest BCUT2D eigenvalue weighted by atomic mass is 35.5. The van der Waals surface area contributed by atoms with Gasteiger partial charge in [0.05, 0.1) is 0 Å². The first-order valence-corrected chi connectivity index (χ1v) is 5.87. The fourth-order valence-electron chi connectivity index (χ4n) is 1.72. The Morgan fingerprint density at radius 2 is 2.13 bits per heavy atom. The fourth-order valence-corrected chi connectivity index (χ4v) is 1.99. The predicted octanol–water partition coefficient (Wildman–Crippen LogP) is 2.81. The first-order valence-electron chi connectivity index (χ1n) is 5.50. The second-order valence-electron chi connectivity index (χ2n) is 4.30. The summed E-state index contributed by atoms with van der Waals surface area (Å²) in [7, 11) is 0. The first kappa shape index (κ1) is 10.8. The zero-order chi connectivity index (χ0) is 10.7. The summed E-state index contributed by atoms with van der Waals surface area (Å²) in [6.45, 7) is 1.95. The maximum Gasteiger partial charge on any atom is 0.0429 e. The fraction of sp³-hybridized carbons (Fsp3) is 0.500. The van der Waals surface area contributed by atoms with E-state index in [1.807, 2.05) is 12.1 Å². The van der Waals surface area contributed by atoms with Crippen molar-refractivity contribution < 1.29 is 0 Å². The topological polar surface area (TPSA) is 38.0 Å². The standard InChI is InChI=1S/C12H17ClN2/c13-11-5-10(6-12(14)7-11)8-15-4-3-9-1-2-9/h5-7,9,15H,1-4,8,14H2. The minimum absolute atomic E-state index is 0.717. The molecule has 0 bridgehead atoms. The molecule has 0 heterocycles. The lowest BCUT2D eigenvalue weighted by molar-refractivity contribution is 0.613. The third-order valence-electron chi connectivity index (χ3n) is 2.74. The highest BCUT2D eigenvalue weighted by Gasteiger charge is 2.19. The van der Waals surface area contributed by atoms with Crippen LogP contribution >= 0.6 is 11.6 Å². The summed E-state index contributed by atoms with van der Waals surface area (Å²) in [5, 5.41) is 4.13. The Morgan fingerprint density at radius 1 is 1.33 bits per heavy atom.